The number of amides is 1. The van der Waals surface area contributed by atoms with Crippen LogP contribution < -0.4 is 10.6 Å². The van der Waals surface area contributed by atoms with Crippen molar-refractivity contribution in [2.45, 2.75) is 45.8 Å². The minimum Gasteiger partial charge on any atom is -0.478 e. The molecule has 0 saturated heterocycles. The lowest BCUT2D eigenvalue weighted by atomic mass is 10.1. The van der Waals surface area contributed by atoms with Gasteiger partial charge in [0.15, 0.2) is 0 Å². The Labute approximate surface area is 117 Å². The number of hydrogen-bond donors (Lipinski definition) is 3. The molecule has 0 fully saturated rings. The van der Waals surface area contributed by atoms with E-state index in [1.165, 1.54) is 11.3 Å². The van der Waals surface area contributed by atoms with Crippen molar-refractivity contribution in [1.29, 1.82) is 0 Å². The second-order valence-corrected chi connectivity index (χ2v) is 6.44. The van der Waals surface area contributed by atoms with Gasteiger partial charge in [0.25, 0.3) is 0 Å². The van der Waals surface area contributed by atoms with E-state index in [4.69, 9.17) is 5.11 Å². The number of carboxylic acids is 1. The van der Waals surface area contributed by atoms with Gasteiger partial charge in [-0.2, -0.15) is 0 Å². The van der Waals surface area contributed by atoms with Crippen LogP contribution in [0.4, 0.5) is 0 Å². The zero-order valence-electron chi connectivity index (χ0n) is 11.6. The third-order valence-electron chi connectivity index (χ3n) is 2.37. The van der Waals surface area contributed by atoms with Crippen molar-refractivity contribution in [1.82, 2.24) is 10.6 Å². The summed E-state index contributed by atoms with van der Waals surface area (Å²) < 4.78 is 0. The SMILES string of the molecule is CC(NCc1cc(C(=O)O)cs1)C(=O)NC(C)(C)C. The summed E-state index contributed by atoms with van der Waals surface area (Å²) in [5.41, 5.74) is 0.0282. The lowest BCUT2D eigenvalue weighted by Crippen LogP contribution is -2.49. The summed E-state index contributed by atoms with van der Waals surface area (Å²) in [4.78, 5) is 23.5. The molecule has 0 aliphatic rings. The molecule has 1 unspecified atom stereocenters. The van der Waals surface area contributed by atoms with Crippen molar-refractivity contribution >= 4 is 23.2 Å². The lowest BCUT2D eigenvalue weighted by Gasteiger charge is -2.23. The fraction of sp³-hybridized carbons (Fsp3) is 0.538. The number of nitrogens with one attached hydrogen (secondary N) is 2. The Kier molecular flexibility index (Phi) is 5.08. The van der Waals surface area contributed by atoms with Crippen LogP contribution in [-0.4, -0.2) is 28.6 Å². The highest BCUT2D eigenvalue weighted by molar-refractivity contribution is 7.10. The van der Waals surface area contributed by atoms with Gasteiger partial charge in [-0.1, -0.05) is 0 Å². The predicted octanol–water partition coefficient (Wildman–Crippen LogP) is 1.84. The molecule has 1 atom stereocenters. The van der Waals surface area contributed by atoms with Gasteiger partial charge in [-0.05, 0) is 33.8 Å². The molecule has 0 radical (unpaired) electrons. The predicted molar refractivity (Wildman–Crippen MR) is 75.5 cm³/mol. The largest absolute Gasteiger partial charge is 0.478 e. The summed E-state index contributed by atoms with van der Waals surface area (Å²) in [5, 5.41) is 16.4. The Hall–Kier alpha value is -1.40. The Morgan fingerprint density at radius 1 is 1.42 bits per heavy atom. The molecule has 1 amide bonds. The minimum absolute atomic E-state index is 0.0671. The van der Waals surface area contributed by atoms with Gasteiger partial charge in [-0.15, -0.1) is 11.3 Å². The van der Waals surface area contributed by atoms with Gasteiger partial charge in [-0.3, -0.25) is 4.79 Å². The van der Waals surface area contributed by atoms with Crippen molar-refractivity contribution in [2.75, 3.05) is 0 Å². The van der Waals surface area contributed by atoms with Crippen LogP contribution in [-0.2, 0) is 11.3 Å². The van der Waals surface area contributed by atoms with Crippen LogP contribution >= 0.6 is 11.3 Å². The molecule has 1 rings (SSSR count). The molecule has 3 N–H and O–H groups in total. The van der Waals surface area contributed by atoms with Gasteiger partial charge in [0, 0.05) is 22.3 Å². The van der Waals surface area contributed by atoms with Crippen molar-refractivity contribution in [2.24, 2.45) is 0 Å². The molecule has 0 saturated carbocycles. The molecule has 1 aromatic rings. The molecule has 0 aliphatic heterocycles. The maximum absolute atomic E-state index is 11.8. The number of rotatable bonds is 5. The van der Waals surface area contributed by atoms with Crippen molar-refractivity contribution in [3.8, 4) is 0 Å². The summed E-state index contributed by atoms with van der Waals surface area (Å²) in [5.74, 6) is -0.997. The molecule has 19 heavy (non-hydrogen) atoms. The summed E-state index contributed by atoms with van der Waals surface area (Å²) in [6, 6.07) is 1.29. The van der Waals surface area contributed by atoms with E-state index in [0.29, 0.717) is 6.54 Å². The Balaban J connectivity index is 2.47. The molecule has 0 aliphatic carbocycles. The number of carbonyl (C=O) groups excluding carboxylic acids is 1. The first kappa shape index (κ1) is 15.7. The first-order chi connectivity index (χ1) is 8.69. The van der Waals surface area contributed by atoms with E-state index in [2.05, 4.69) is 10.6 Å². The highest BCUT2D eigenvalue weighted by atomic mass is 32.1. The molecular weight excluding hydrogens is 264 g/mol. The lowest BCUT2D eigenvalue weighted by molar-refractivity contribution is -0.124. The summed E-state index contributed by atoms with van der Waals surface area (Å²) in [6.45, 7) is 8.05. The standard InChI is InChI=1S/C13H20N2O3S/c1-8(11(16)15-13(2,3)4)14-6-10-5-9(7-19-10)12(17)18/h5,7-8,14H,6H2,1-4H3,(H,15,16)(H,17,18). The molecule has 1 aromatic heterocycles. The zero-order valence-corrected chi connectivity index (χ0v) is 12.4. The van der Waals surface area contributed by atoms with Crippen molar-refractivity contribution < 1.29 is 14.7 Å². The molecule has 0 bridgehead atoms. The summed E-state index contributed by atoms with van der Waals surface area (Å²) in [7, 11) is 0. The molecule has 1 heterocycles. The van der Waals surface area contributed by atoms with Gasteiger partial charge in [0.1, 0.15) is 0 Å². The van der Waals surface area contributed by atoms with Crippen molar-refractivity contribution in [3.63, 3.8) is 0 Å². The van der Waals surface area contributed by atoms with Crippen LogP contribution in [0.2, 0.25) is 0 Å². The Morgan fingerprint density at radius 2 is 2.05 bits per heavy atom. The van der Waals surface area contributed by atoms with Crippen LogP contribution in [0.5, 0.6) is 0 Å². The number of aromatic carboxylic acids is 1. The average molecular weight is 284 g/mol. The van der Waals surface area contributed by atoms with E-state index in [1.807, 2.05) is 20.8 Å². The van der Waals surface area contributed by atoms with Gasteiger partial charge < -0.3 is 15.7 Å². The third kappa shape index (κ3) is 5.40. The number of carbonyl (C=O) groups is 2. The van der Waals surface area contributed by atoms with E-state index in [1.54, 1.807) is 18.4 Å². The quantitative estimate of drug-likeness (QED) is 0.771. The van der Waals surface area contributed by atoms with Crippen molar-refractivity contribution in [3.05, 3.63) is 21.9 Å². The average Bonchev–Trinajstić information content (AvgIpc) is 2.72. The van der Waals surface area contributed by atoms with Gasteiger partial charge in [-0.25, -0.2) is 4.79 Å². The molecule has 106 valence electrons. The monoisotopic (exact) mass is 284 g/mol. The Morgan fingerprint density at radius 3 is 2.53 bits per heavy atom. The molecule has 5 nitrogen and oxygen atoms in total. The minimum atomic E-state index is -0.930. The summed E-state index contributed by atoms with van der Waals surface area (Å²) >= 11 is 1.37. The van der Waals surface area contributed by atoms with E-state index in [9.17, 15) is 9.59 Å². The highest BCUT2D eigenvalue weighted by Crippen LogP contribution is 2.14. The second-order valence-electron chi connectivity index (χ2n) is 5.45. The maximum atomic E-state index is 11.8. The highest BCUT2D eigenvalue weighted by Gasteiger charge is 2.19. The number of carboxylic acid groups (broad SMARTS) is 1. The van der Waals surface area contributed by atoms with E-state index < -0.39 is 5.97 Å². The Bertz CT molecular complexity index is 463. The smallest absolute Gasteiger partial charge is 0.336 e. The van der Waals surface area contributed by atoms with Crippen LogP contribution in [0.1, 0.15) is 42.9 Å². The van der Waals surface area contributed by atoms with Gasteiger partial charge in [0.05, 0.1) is 11.6 Å². The van der Waals surface area contributed by atoms with Crippen LogP contribution in [0, 0.1) is 0 Å². The summed E-state index contributed by atoms with van der Waals surface area (Å²) in [6.07, 6.45) is 0. The molecule has 0 spiro atoms. The molecule has 0 aromatic carbocycles. The molecule has 6 heteroatoms. The second kappa shape index (κ2) is 6.16. The fourth-order valence-corrected chi connectivity index (χ4v) is 2.22. The fourth-order valence-electron chi connectivity index (χ4n) is 1.41. The van der Waals surface area contributed by atoms with E-state index in [-0.39, 0.29) is 23.1 Å². The first-order valence-corrected chi connectivity index (χ1v) is 6.93. The molecular formula is C13H20N2O3S. The third-order valence-corrected chi connectivity index (χ3v) is 3.31. The first-order valence-electron chi connectivity index (χ1n) is 6.05. The van der Waals surface area contributed by atoms with Crippen LogP contribution in [0.25, 0.3) is 0 Å². The van der Waals surface area contributed by atoms with Gasteiger partial charge >= 0.3 is 5.97 Å². The zero-order chi connectivity index (χ0) is 14.6. The van der Waals surface area contributed by atoms with Crippen LogP contribution in [0.3, 0.4) is 0 Å². The number of thiophene rings is 1. The van der Waals surface area contributed by atoms with E-state index in [0.717, 1.165) is 4.88 Å². The van der Waals surface area contributed by atoms with Crippen LogP contribution in [0.15, 0.2) is 11.4 Å². The number of hydrogen-bond acceptors (Lipinski definition) is 4. The van der Waals surface area contributed by atoms with E-state index >= 15 is 0 Å². The van der Waals surface area contributed by atoms with Gasteiger partial charge in [0.2, 0.25) is 5.91 Å². The maximum Gasteiger partial charge on any atom is 0.336 e. The normalized spacial score (nSPS) is 13.1. The topological polar surface area (TPSA) is 78.4 Å².